The molecule has 1 rings (SSSR count). The van der Waals surface area contributed by atoms with Crippen LogP contribution in [0.15, 0.2) is 18.2 Å². The zero-order chi connectivity index (χ0) is 29.0. The molecule has 0 aliphatic heterocycles. The second kappa shape index (κ2) is 15.8. The maximum atomic E-state index is 12.3. The van der Waals surface area contributed by atoms with E-state index in [0.717, 1.165) is 0 Å². The quantitative estimate of drug-likeness (QED) is 0.191. The van der Waals surface area contributed by atoms with Gasteiger partial charge in [-0.1, -0.05) is 54.5 Å². The van der Waals surface area contributed by atoms with Crippen molar-refractivity contribution >= 4 is 24.2 Å². The van der Waals surface area contributed by atoms with Gasteiger partial charge in [0.05, 0.1) is 25.7 Å². The minimum Gasteiger partial charge on any atom is -0.480 e. The average molecular weight is 540 g/mol. The first-order valence-electron chi connectivity index (χ1n) is 12.7. The fourth-order valence-corrected chi connectivity index (χ4v) is 3.27. The van der Waals surface area contributed by atoms with Crippen LogP contribution in [0.2, 0.25) is 0 Å². The van der Waals surface area contributed by atoms with Crippen molar-refractivity contribution in [2.24, 2.45) is 29.4 Å². The van der Waals surface area contributed by atoms with Gasteiger partial charge in [0.15, 0.2) is 11.5 Å². The van der Waals surface area contributed by atoms with Gasteiger partial charge in [0.25, 0.3) is 0 Å². The first-order valence-corrected chi connectivity index (χ1v) is 12.7. The number of hydrogen-bond donors (Lipinski definition) is 2. The van der Waals surface area contributed by atoms with Gasteiger partial charge in [-0.15, -0.1) is 0 Å². The van der Waals surface area contributed by atoms with E-state index >= 15 is 0 Å². The van der Waals surface area contributed by atoms with E-state index < -0.39 is 42.1 Å². The third-order valence-corrected chi connectivity index (χ3v) is 5.60. The minimum absolute atomic E-state index is 0.0487. The van der Waals surface area contributed by atoms with E-state index in [-0.39, 0.29) is 49.1 Å². The Bertz CT molecular complexity index is 946. The lowest BCUT2D eigenvalue weighted by atomic mass is 9.82. The maximum Gasteiger partial charge on any atom is 0.513 e. The van der Waals surface area contributed by atoms with Gasteiger partial charge in [0.1, 0.15) is 6.04 Å². The molecule has 11 heteroatoms. The molecule has 3 N–H and O–H groups in total. The largest absolute Gasteiger partial charge is 0.513 e. The highest BCUT2D eigenvalue weighted by Crippen LogP contribution is 2.36. The Morgan fingerprint density at radius 3 is 1.82 bits per heavy atom. The molecule has 0 saturated heterocycles. The molecule has 0 aliphatic rings. The molecular weight excluding hydrogens is 498 g/mol. The van der Waals surface area contributed by atoms with Crippen LogP contribution in [-0.2, 0) is 23.8 Å². The average Bonchev–Trinajstić information content (AvgIpc) is 2.85. The van der Waals surface area contributed by atoms with Crippen LogP contribution >= 0.6 is 0 Å². The molecule has 0 fully saturated rings. The van der Waals surface area contributed by atoms with Crippen molar-refractivity contribution < 1.29 is 48.0 Å². The standard InChI is InChI=1S/C27H41NO10/c1-8-17(6)25(31)34-14-18(7)22(23(28)24(29)30)19-9-10-20(37-26(32)35-12-15(2)3)21(11-19)38-27(33)36-13-16(4)5/h9-11,15-18,22-23H,8,12-14,28H2,1-7H3,(H,29,30)/t17?,18?,22?,23-/m0/s1. The Morgan fingerprint density at radius 1 is 0.816 bits per heavy atom. The molecule has 1 aromatic rings. The van der Waals surface area contributed by atoms with Gasteiger partial charge in [-0.3, -0.25) is 9.59 Å². The third-order valence-electron chi connectivity index (χ3n) is 5.60. The molecule has 11 nitrogen and oxygen atoms in total. The van der Waals surface area contributed by atoms with Crippen LogP contribution in [-0.4, -0.2) is 55.2 Å². The topological polar surface area (TPSA) is 161 Å². The van der Waals surface area contributed by atoms with Crippen molar-refractivity contribution in [3.8, 4) is 11.5 Å². The van der Waals surface area contributed by atoms with Gasteiger partial charge >= 0.3 is 24.2 Å². The lowest BCUT2D eigenvalue weighted by molar-refractivity contribution is -0.149. The summed E-state index contributed by atoms with van der Waals surface area (Å²) >= 11 is 0. The van der Waals surface area contributed by atoms with Crippen molar-refractivity contribution in [3.05, 3.63) is 23.8 Å². The number of benzene rings is 1. The highest BCUT2D eigenvalue weighted by Gasteiger charge is 2.33. The number of carbonyl (C=O) groups excluding carboxylic acids is 3. The van der Waals surface area contributed by atoms with Crippen LogP contribution in [0.25, 0.3) is 0 Å². The Kier molecular flexibility index (Phi) is 13.6. The van der Waals surface area contributed by atoms with Crippen LogP contribution < -0.4 is 15.2 Å². The third kappa shape index (κ3) is 11.0. The molecule has 0 radical (unpaired) electrons. The summed E-state index contributed by atoms with van der Waals surface area (Å²) < 4.78 is 26.0. The molecule has 0 spiro atoms. The van der Waals surface area contributed by atoms with Gasteiger partial charge < -0.3 is 34.5 Å². The molecule has 0 bridgehead atoms. The number of carbonyl (C=O) groups is 4. The molecule has 0 saturated carbocycles. The van der Waals surface area contributed by atoms with E-state index in [9.17, 15) is 24.3 Å². The van der Waals surface area contributed by atoms with Gasteiger partial charge in [0.2, 0.25) is 0 Å². The molecule has 3 unspecified atom stereocenters. The van der Waals surface area contributed by atoms with E-state index in [0.29, 0.717) is 12.0 Å². The lowest BCUT2D eigenvalue weighted by Crippen LogP contribution is -2.40. The predicted molar refractivity (Wildman–Crippen MR) is 138 cm³/mol. The summed E-state index contributed by atoms with van der Waals surface area (Å²) in [6.07, 6.45) is -1.44. The molecular formula is C27H41NO10. The molecule has 38 heavy (non-hydrogen) atoms. The number of esters is 1. The first kappa shape index (κ1) is 32.7. The highest BCUT2D eigenvalue weighted by molar-refractivity contribution is 5.75. The summed E-state index contributed by atoms with van der Waals surface area (Å²) in [6, 6.07) is 2.81. The maximum absolute atomic E-state index is 12.3. The summed E-state index contributed by atoms with van der Waals surface area (Å²) in [5.74, 6) is -3.57. The van der Waals surface area contributed by atoms with Gasteiger partial charge in [-0.05, 0) is 41.9 Å². The Hall–Kier alpha value is -3.34. The van der Waals surface area contributed by atoms with E-state index in [2.05, 4.69) is 0 Å². The molecule has 0 amide bonds. The monoisotopic (exact) mass is 539 g/mol. The van der Waals surface area contributed by atoms with E-state index in [4.69, 9.17) is 29.4 Å². The van der Waals surface area contributed by atoms with Crippen molar-refractivity contribution in [2.45, 2.75) is 66.8 Å². The Balaban J connectivity index is 3.33. The molecule has 0 aromatic heterocycles. The van der Waals surface area contributed by atoms with Crippen molar-refractivity contribution in [2.75, 3.05) is 19.8 Å². The number of carboxylic acids is 1. The number of nitrogens with two attached hydrogens (primary N) is 1. The van der Waals surface area contributed by atoms with E-state index in [1.807, 2.05) is 34.6 Å². The smallest absolute Gasteiger partial charge is 0.480 e. The summed E-state index contributed by atoms with van der Waals surface area (Å²) in [7, 11) is 0. The van der Waals surface area contributed by atoms with Gasteiger partial charge in [-0.2, -0.15) is 0 Å². The van der Waals surface area contributed by atoms with Crippen molar-refractivity contribution in [1.29, 1.82) is 0 Å². The zero-order valence-corrected chi connectivity index (χ0v) is 23.2. The molecule has 1 aromatic carbocycles. The predicted octanol–water partition coefficient (Wildman–Crippen LogP) is 4.75. The lowest BCUT2D eigenvalue weighted by Gasteiger charge is -2.28. The van der Waals surface area contributed by atoms with Crippen LogP contribution in [0.4, 0.5) is 9.59 Å². The first-order chi connectivity index (χ1) is 17.8. The van der Waals surface area contributed by atoms with Crippen molar-refractivity contribution in [3.63, 3.8) is 0 Å². The van der Waals surface area contributed by atoms with Gasteiger partial charge in [-0.25, -0.2) is 9.59 Å². The van der Waals surface area contributed by atoms with Crippen LogP contribution in [0.1, 0.15) is 66.4 Å². The molecule has 0 aliphatic carbocycles. The number of ether oxygens (including phenoxy) is 5. The van der Waals surface area contributed by atoms with Crippen LogP contribution in [0, 0.1) is 23.7 Å². The Labute approximate surface area is 223 Å². The second-order valence-electron chi connectivity index (χ2n) is 10.1. The fourth-order valence-electron chi connectivity index (χ4n) is 3.27. The van der Waals surface area contributed by atoms with Gasteiger partial charge in [0, 0.05) is 5.92 Å². The van der Waals surface area contributed by atoms with E-state index in [1.54, 1.807) is 13.8 Å². The summed E-state index contributed by atoms with van der Waals surface area (Å²) in [4.78, 5) is 48.5. The SMILES string of the molecule is CCC(C)C(=O)OCC(C)C(c1ccc(OC(=O)OCC(C)C)c(OC(=O)OCC(C)C)c1)[C@H](N)C(=O)O. The summed E-state index contributed by atoms with van der Waals surface area (Å²) in [5.41, 5.74) is 6.39. The second-order valence-corrected chi connectivity index (χ2v) is 10.1. The normalized spacial score (nSPS) is 14.3. The number of hydrogen-bond acceptors (Lipinski definition) is 10. The van der Waals surface area contributed by atoms with E-state index in [1.165, 1.54) is 18.2 Å². The minimum atomic E-state index is -1.38. The number of rotatable bonds is 14. The zero-order valence-electron chi connectivity index (χ0n) is 23.2. The van der Waals surface area contributed by atoms with Crippen LogP contribution in [0.5, 0.6) is 11.5 Å². The Morgan fingerprint density at radius 2 is 1.34 bits per heavy atom. The highest BCUT2D eigenvalue weighted by atomic mass is 16.7. The summed E-state index contributed by atoms with van der Waals surface area (Å²) in [5, 5.41) is 9.66. The molecule has 4 atom stereocenters. The number of aliphatic carboxylic acids is 1. The molecule has 214 valence electrons. The van der Waals surface area contributed by atoms with Crippen molar-refractivity contribution in [1.82, 2.24) is 0 Å². The van der Waals surface area contributed by atoms with Crippen LogP contribution in [0.3, 0.4) is 0 Å². The fraction of sp³-hybridized carbons (Fsp3) is 0.630. The molecule has 0 heterocycles. The summed E-state index contributed by atoms with van der Waals surface area (Å²) in [6.45, 7) is 12.8. The number of carboxylic acid groups (broad SMARTS) is 1.